The molecule has 0 saturated carbocycles. The highest BCUT2D eigenvalue weighted by Gasteiger charge is 2.33. The second kappa shape index (κ2) is 5.06. The number of rotatable bonds is 3. The van der Waals surface area contributed by atoms with Crippen molar-refractivity contribution in [2.45, 2.75) is 6.42 Å². The maximum atomic E-state index is 13.3. The van der Waals surface area contributed by atoms with Gasteiger partial charge in [0.25, 0.3) is 5.91 Å². The zero-order valence-electron chi connectivity index (χ0n) is 9.40. The van der Waals surface area contributed by atoms with Crippen molar-refractivity contribution in [2.24, 2.45) is 5.92 Å². The number of hydrogen-bond acceptors (Lipinski definition) is 2. The first kappa shape index (κ1) is 13.0. The summed E-state index contributed by atoms with van der Waals surface area (Å²) in [5.74, 6) is -1.62. The second-order valence-corrected chi connectivity index (χ2v) is 5.07. The minimum Gasteiger partial charge on any atom is -0.481 e. The lowest BCUT2D eigenvalue weighted by molar-refractivity contribution is -0.139. The molecular weight excluding hydrogens is 305 g/mol. The third kappa shape index (κ3) is 2.53. The number of carbonyl (C=O) groups is 2. The van der Waals surface area contributed by atoms with Gasteiger partial charge in [-0.3, -0.25) is 9.59 Å². The van der Waals surface area contributed by atoms with Gasteiger partial charge in [-0.25, -0.2) is 4.39 Å². The van der Waals surface area contributed by atoms with E-state index in [9.17, 15) is 14.0 Å². The minimum absolute atomic E-state index is 0.00113. The molecule has 1 saturated heterocycles. The van der Waals surface area contributed by atoms with Crippen molar-refractivity contribution in [3.63, 3.8) is 0 Å². The average molecular weight is 316 g/mol. The van der Waals surface area contributed by atoms with E-state index in [1.807, 2.05) is 0 Å². The van der Waals surface area contributed by atoms with E-state index in [-0.39, 0.29) is 28.3 Å². The van der Waals surface area contributed by atoms with Crippen molar-refractivity contribution in [1.29, 1.82) is 0 Å². The van der Waals surface area contributed by atoms with Gasteiger partial charge in [0.15, 0.2) is 0 Å². The molecule has 1 N–H and O–H groups in total. The van der Waals surface area contributed by atoms with E-state index in [0.29, 0.717) is 13.1 Å². The minimum atomic E-state index is -0.862. The van der Waals surface area contributed by atoms with Gasteiger partial charge in [-0.1, -0.05) is 6.07 Å². The fourth-order valence-electron chi connectivity index (χ4n) is 1.95. The van der Waals surface area contributed by atoms with Crippen LogP contribution in [0.3, 0.4) is 0 Å². The van der Waals surface area contributed by atoms with Crippen LogP contribution in [0, 0.1) is 11.7 Å². The van der Waals surface area contributed by atoms with Crippen LogP contribution < -0.4 is 0 Å². The van der Waals surface area contributed by atoms with Gasteiger partial charge >= 0.3 is 5.97 Å². The Morgan fingerprint density at radius 2 is 2.11 bits per heavy atom. The van der Waals surface area contributed by atoms with Gasteiger partial charge in [0, 0.05) is 19.0 Å². The number of carboxylic acids is 1. The van der Waals surface area contributed by atoms with Crippen LogP contribution in [-0.4, -0.2) is 35.0 Å². The summed E-state index contributed by atoms with van der Waals surface area (Å²) in [6.07, 6.45) is 0.0636. The summed E-state index contributed by atoms with van der Waals surface area (Å²) in [5.41, 5.74) is 0.267. The molecule has 0 spiro atoms. The number of halogens is 2. The van der Waals surface area contributed by atoms with Crippen molar-refractivity contribution < 1.29 is 19.1 Å². The molecule has 0 aliphatic carbocycles. The normalized spacial score (nSPS) is 15.3. The molecule has 4 nitrogen and oxygen atoms in total. The molecule has 0 radical (unpaired) electrons. The summed E-state index contributed by atoms with van der Waals surface area (Å²) in [6, 6.07) is 4.28. The fraction of sp³-hybridized carbons (Fsp3) is 0.333. The van der Waals surface area contributed by atoms with E-state index in [2.05, 4.69) is 15.9 Å². The Balaban J connectivity index is 2.02. The molecule has 1 amide bonds. The summed E-state index contributed by atoms with van der Waals surface area (Å²) in [7, 11) is 0. The second-order valence-electron chi connectivity index (χ2n) is 4.28. The van der Waals surface area contributed by atoms with Crippen LogP contribution in [0.2, 0.25) is 0 Å². The molecule has 1 heterocycles. The molecule has 1 aromatic carbocycles. The van der Waals surface area contributed by atoms with Gasteiger partial charge in [-0.15, -0.1) is 0 Å². The molecule has 96 valence electrons. The molecule has 0 aromatic heterocycles. The van der Waals surface area contributed by atoms with Crippen LogP contribution in [-0.2, 0) is 4.79 Å². The first-order valence-corrected chi connectivity index (χ1v) is 6.23. The molecule has 0 atom stereocenters. The van der Waals surface area contributed by atoms with Crippen molar-refractivity contribution in [3.05, 3.63) is 34.1 Å². The summed E-state index contributed by atoms with van der Waals surface area (Å²) >= 11 is 3.04. The zero-order valence-corrected chi connectivity index (χ0v) is 11.0. The number of carboxylic acid groups (broad SMARTS) is 1. The van der Waals surface area contributed by atoms with E-state index in [1.54, 1.807) is 6.07 Å². The SMILES string of the molecule is O=C(O)CC1CN(C(=O)c2cccc(F)c2Br)C1. The Labute approximate surface area is 112 Å². The highest BCUT2D eigenvalue weighted by molar-refractivity contribution is 9.10. The number of aliphatic carboxylic acids is 1. The lowest BCUT2D eigenvalue weighted by atomic mass is 9.95. The van der Waals surface area contributed by atoms with Gasteiger partial charge in [0.2, 0.25) is 0 Å². The average Bonchev–Trinajstić information content (AvgIpc) is 2.25. The third-order valence-corrected chi connectivity index (χ3v) is 3.70. The molecule has 6 heteroatoms. The quantitative estimate of drug-likeness (QED) is 0.929. The zero-order chi connectivity index (χ0) is 13.3. The Morgan fingerprint density at radius 1 is 1.44 bits per heavy atom. The maximum absolute atomic E-state index is 13.3. The molecule has 1 aliphatic rings. The first-order valence-electron chi connectivity index (χ1n) is 5.44. The summed E-state index contributed by atoms with van der Waals surface area (Å²) in [4.78, 5) is 24.0. The van der Waals surface area contributed by atoms with Crippen molar-refractivity contribution in [2.75, 3.05) is 13.1 Å². The lowest BCUT2D eigenvalue weighted by Gasteiger charge is -2.38. The fourth-order valence-corrected chi connectivity index (χ4v) is 2.38. The monoisotopic (exact) mass is 315 g/mol. The standard InChI is InChI=1S/C12H11BrFNO3/c13-11-8(2-1-3-9(11)14)12(18)15-5-7(6-15)4-10(16)17/h1-3,7H,4-6H2,(H,16,17). The number of amides is 1. The molecular formula is C12H11BrFNO3. The van der Waals surface area contributed by atoms with E-state index in [4.69, 9.17) is 5.11 Å². The number of benzene rings is 1. The Bertz CT molecular complexity index is 500. The predicted octanol–water partition coefficient (Wildman–Crippen LogP) is 2.13. The van der Waals surface area contributed by atoms with E-state index < -0.39 is 11.8 Å². The van der Waals surface area contributed by atoms with Gasteiger partial charge in [-0.2, -0.15) is 0 Å². The summed E-state index contributed by atoms with van der Waals surface area (Å²) < 4.78 is 13.4. The van der Waals surface area contributed by atoms with Crippen LogP contribution in [0.4, 0.5) is 4.39 Å². The largest absolute Gasteiger partial charge is 0.481 e. The molecule has 0 unspecified atom stereocenters. The van der Waals surface area contributed by atoms with Gasteiger partial charge < -0.3 is 10.0 Å². The highest BCUT2D eigenvalue weighted by Crippen LogP contribution is 2.26. The van der Waals surface area contributed by atoms with Crippen LogP contribution in [0.5, 0.6) is 0 Å². The predicted molar refractivity (Wildman–Crippen MR) is 65.7 cm³/mol. The first-order chi connectivity index (χ1) is 8.49. The van der Waals surface area contributed by atoms with E-state index in [0.717, 1.165) is 0 Å². The summed E-state index contributed by atoms with van der Waals surface area (Å²) in [6.45, 7) is 0.822. The number of carbonyl (C=O) groups excluding carboxylic acids is 1. The topological polar surface area (TPSA) is 57.6 Å². The number of hydrogen-bond donors (Lipinski definition) is 1. The summed E-state index contributed by atoms with van der Waals surface area (Å²) in [5, 5.41) is 8.61. The number of likely N-dealkylation sites (tertiary alicyclic amines) is 1. The molecule has 0 bridgehead atoms. The number of nitrogens with zero attached hydrogens (tertiary/aromatic N) is 1. The smallest absolute Gasteiger partial charge is 0.303 e. The molecule has 1 aliphatic heterocycles. The lowest BCUT2D eigenvalue weighted by Crippen LogP contribution is -2.50. The van der Waals surface area contributed by atoms with Gasteiger partial charge in [-0.05, 0) is 28.1 Å². The van der Waals surface area contributed by atoms with Gasteiger partial charge in [0.1, 0.15) is 5.82 Å². The van der Waals surface area contributed by atoms with Crippen LogP contribution in [0.15, 0.2) is 22.7 Å². The Kier molecular flexibility index (Phi) is 3.65. The molecule has 18 heavy (non-hydrogen) atoms. The van der Waals surface area contributed by atoms with Crippen molar-refractivity contribution in [1.82, 2.24) is 4.90 Å². The van der Waals surface area contributed by atoms with E-state index in [1.165, 1.54) is 17.0 Å². The van der Waals surface area contributed by atoms with E-state index >= 15 is 0 Å². The Hall–Kier alpha value is -1.43. The molecule has 1 fully saturated rings. The third-order valence-electron chi connectivity index (χ3n) is 2.89. The van der Waals surface area contributed by atoms with Crippen molar-refractivity contribution >= 4 is 27.8 Å². The van der Waals surface area contributed by atoms with Gasteiger partial charge in [0.05, 0.1) is 16.5 Å². The van der Waals surface area contributed by atoms with Crippen molar-refractivity contribution in [3.8, 4) is 0 Å². The molecule has 1 aromatic rings. The van der Waals surface area contributed by atoms with Crippen LogP contribution in [0.25, 0.3) is 0 Å². The van der Waals surface area contributed by atoms with Crippen LogP contribution in [0.1, 0.15) is 16.8 Å². The Morgan fingerprint density at radius 3 is 2.72 bits per heavy atom. The van der Waals surface area contributed by atoms with Crippen LogP contribution >= 0.6 is 15.9 Å². The maximum Gasteiger partial charge on any atom is 0.303 e. The molecule has 2 rings (SSSR count). The highest BCUT2D eigenvalue weighted by atomic mass is 79.9.